The van der Waals surface area contributed by atoms with E-state index in [0.717, 1.165) is 11.3 Å². The molecule has 1 aliphatic rings. The lowest BCUT2D eigenvalue weighted by Crippen LogP contribution is -2.50. The number of phenolic OH excluding ortho intramolecular Hbond substituents is 1. The number of para-hydroxylation sites is 2. The molecule has 1 aromatic heterocycles. The Hall–Kier alpha value is -3.52. The first-order valence-electron chi connectivity index (χ1n) is 11.7. The van der Waals surface area contributed by atoms with Crippen LogP contribution < -0.4 is 14.8 Å². The second kappa shape index (κ2) is 11.3. The summed E-state index contributed by atoms with van der Waals surface area (Å²) >= 11 is 1.51. The average Bonchev–Trinajstić information content (AvgIpc) is 3.37. The van der Waals surface area contributed by atoms with Gasteiger partial charge in [-0.1, -0.05) is 44.2 Å². The summed E-state index contributed by atoms with van der Waals surface area (Å²) < 4.78 is 11.8. The standard InChI is InChI=1S/C27H30N2O5S/c1-18(2)13-14-28-26(31)25(19-9-11-20(30)12-10-19)29(16-21-6-5-15-35-21)27(32)24-17-33-22-7-3-4-8-23(22)34-24/h3-12,15,18,24-25,30H,13-14,16-17H2,1-2H3,(H,28,31). The second-order valence-electron chi connectivity index (χ2n) is 8.88. The van der Waals surface area contributed by atoms with Crippen LogP contribution in [0.4, 0.5) is 0 Å². The molecule has 0 bridgehead atoms. The van der Waals surface area contributed by atoms with Gasteiger partial charge in [-0.3, -0.25) is 9.59 Å². The average molecular weight is 495 g/mol. The monoisotopic (exact) mass is 494 g/mol. The second-order valence-corrected chi connectivity index (χ2v) is 9.91. The molecule has 0 radical (unpaired) electrons. The Bertz CT molecular complexity index is 1130. The number of carbonyl (C=O) groups is 2. The van der Waals surface area contributed by atoms with Crippen LogP contribution in [0.15, 0.2) is 66.0 Å². The van der Waals surface area contributed by atoms with Gasteiger partial charge in [-0.15, -0.1) is 11.3 Å². The third-order valence-corrected chi connectivity index (χ3v) is 6.62. The van der Waals surface area contributed by atoms with Gasteiger partial charge in [0.2, 0.25) is 12.0 Å². The van der Waals surface area contributed by atoms with Crippen molar-refractivity contribution in [2.45, 2.75) is 39.0 Å². The molecule has 8 heteroatoms. The van der Waals surface area contributed by atoms with Crippen LogP contribution in [-0.4, -0.2) is 41.1 Å². The SMILES string of the molecule is CC(C)CCNC(=O)C(c1ccc(O)cc1)N(Cc1cccs1)C(=O)C1COc2ccccc2O1. The van der Waals surface area contributed by atoms with E-state index in [1.807, 2.05) is 29.6 Å². The first-order valence-corrected chi connectivity index (χ1v) is 12.6. The fraction of sp³-hybridized carbons (Fsp3) is 0.333. The molecule has 2 atom stereocenters. The molecular formula is C27H30N2O5S. The Morgan fingerprint density at radius 3 is 2.51 bits per heavy atom. The number of hydrogen-bond acceptors (Lipinski definition) is 6. The Kier molecular flexibility index (Phi) is 7.92. The summed E-state index contributed by atoms with van der Waals surface area (Å²) in [5.74, 6) is 0.977. The van der Waals surface area contributed by atoms with Crippen molar-refractivity contribution in [2.24, 2.45) is 5.92 Å². The molecule has 7 nitrogen and oxygen atoms in total. The number of ether oxygens (including phenoxy) is 2. The summed E-state index contributed by atoms with van der Waals surface area (Å²) in [4.78, 5) is 29.9. The molecule has 3 aromatic rings. The molecule has 0 aliphatic carbocycles. The van der Waals surface area contributed by atoms with E-state index in [-0.39, 0.29) is 30.7 Å². The molecule has 0 spiro atoms. The minimum Gasteiger partial charge on any atom is -0.508 e. The van der Waals surface area contributed by atoms with Gasteiger partial charge in [-0.05, 0) is 53.6 Å². The van der Waals surface area contributed by atoms with E-state index in [1.165, 1.54) is 23.5 Å². The number of nitrogens with zero attached hydrogens (tertiary/aromatic N) is 1. The summed E-state index contributed by atoms with van der Waals surface area (Å²) in [5, 5.41) is 14.7. The van der Waals surface area contributed by atoms with Crippen LogP contribution in [0.2, 0.25) is 0 Å². The molecule has 0 saturated heterocycles. The van der Waals surface area contributed by atoms with Crippen molar-refractivity contribution in [2.75, 3.05) is 13.2 Å². The maximum absolute atomic E-state index is 13.9. The Morgan fingerprint density at radius 2 is 1.83 bits per heavy atom. The molecule has 2 amide bonds. The highest BCUT2D eigenvalue weighted by atomic mass is 32.1. The Balaban J connectivity index is 1.66. The number of thiophene rings is 1. The van der Waals surface area contributed by atoms with Crippen LogP contribution in [-0.2, 0) is 16.1 Å². The number of fused-ring (bicyclic) bond motifs is 1. The minimum absolute atomic E-state index is 0.0497. The van der Waals surface area contributed by atoms with Crippen molar-refractivity contribution >= 4 is 23.2 Å². The maximum Gasteiger partial charge on any atom is 0.268 e. The molecule has 0 fully saturated rings. The van der Waals surface area contributed by atoms with Gasteiger partial charge in [0, 0.05) is 11.4 Å². The van der Waals surface area contributed by atoms with E-state index in [9.17, 15) is 14.7 Å². The third kappa shape index (κ3) is 6.14. The van der Waals surface area contributed by atoms with Gasteiger partial charge in [0.25, 0.3) is 5.91 Å². The highest BCUT2D eigenvalue weighted by Crippen LogP contribution is 2.33. The maximum atomic E-state index is 13.9. The molecule has 2 N–H and O–H groups in total. The molecule has 2 unspecified atom stereocenters. The summed E-state index contributed by atoms with van der Waals surface area (Å²) in [6.07, 6.45) is -0.0727. The molecule has 0 saturated carbocycles. The van der Waals surface area contributed by atoms with Crippen LogP contribution >= 0.6 is 11.3 Å². The first-order chi connectivity index (χ1) is 16.9. The van der Waals surface area contributed by atoms with Crippen LogP contribution in [0, 0.1) is 5.92 Å². The summed E-state index contributed by atoms with van der Waals surface area (Å²) in [6.45, 7) is 4.97. The van der Waals surface area contributed by atoms with E-state index in [1.54, 1.807) is 29.2 Å². The lowest BCUT2D eigenvalue weighted by atomic mass is 10.0. The van der Waals surface area contributed by atoms with E-state index < -0.39 is 12.1 Å². The summed E-state index contributed by atoms with van der Waals surface area (Å²) in [5.41, 5.74) is 0.604. The van der Waals surface area contributed by atoms with Crippen molar-refractivity contribution in [1.82, 2.24) is 10.2 Å². The van der Waals surface area contributed by atoms with Crippen LogP contribution in [0.3, 0.4) is 0 Å². The minimum atomic E-state index is -0.905. The van der Waals surface area contributed by atoms with Crippen LogP contribution in [0.25, 0.3) is 0 Å². The van der Waals surface area contributed by atoms with Crippen LogP contribution in [0.5, 0.6) is 17.2 Å². The van der Waals surface area contributed by atoms with Gasteiger partial charge in [0.05, 0.1) is 6.54 Å². The third-order valence-electron chi connectivity index (χ3n) is 5.76. The molecule has 1 aliphatic heterocycles. The van der Waals surface area contributed by atoms with E-state index in [0.29, 0.717) is 29.5 Å². The zero-order chi connectivity index (χ0) is 24.8. The number of carbonyl (C=O) groups excluding carboxylic acids is 2. The van der Waals surface area contributed by atoms with Crippen molar-refractivity contribution < 1.29 is 24.2 Å². The highest BCUT2D eigenvalue weighted by molar-refractivity contribution is 7.09. The smallest absolute Gasteiger partial charge is 0.268 e. The summed E-state index contributed by atoms with van der Waals surface area (Å²) in [7, 11) is 0. The molecule has 184 valence electrons. The predicted molar refractivity (Wildman–Crippen MR) is 135 cm³/mol. The van der Waals surface area contributed by atoms with Gasteiger partial charge in [0.15, 0.2) is 11.5 Å². The quantitative estimate of drug-likeness (QED) is 0.457. The molecule has 2 aromatic carbocycles. The van der Waals surface area contributed by atoms with Gasteiger partial charge < -0.3 is 24.8 Å². The first kappa shape index (κ1) is 24.6. The topological polar surface area (TPSA) is 88.1 Å². The van der Waals surface area contributed by atoms with Gasteiger partial charge >= 0.3 is 0 Å². The number of aromatic hydroxyl groups is 1. The largest absolute Gasteiger partial charge is 0.508 e. The fourth-order valence-electron chi connectivity index (χ4n) is 3.90. The lowest BCUT2D eigenvalue weighted by molar-refractivity contribution is -0.149. The number of amides is 2. The summed E-state index contributed by atoms with van der Waals surface area (Å²) in [6, 6.07) is 16.5. The van der Waals surface area contributed by atoms with Crippen LogP contribution in [0.1, 0.15) is 36.8 Å². The predicted octanol–water partition coefficient (Wildman–Crippen LogP) is 4.53. The number of phenols is 1. The Morgan fingerprint density at radius 1 is 1.09 bits per heavy atom. The van der Waals surface area contributed by atoms with Crippen molar-refractivity contribution in [3.63, 3.8) is 0 Å². The zero-order valence-electron chi connectivity index (χ0n) is 19.8. The van der Waals surface area contributed by atoms with E-state index in [2.05, 4.69) is 19.2 Å². The molecule has 35 heavy (non-hydrogen) atoms. The zero-order valence-corrected chi connectivity index (χ0v) is 20.7. The van der Waals surface area contributed by atoms with Gasteiger partial charge in [-0.25, -0.2) is 0 Å². The highest BCUT2D eigenvalue weighted by Gasteiger charge is 2.38. The van der Waals surface area contributed by atoms with Crippen molar-refractivity contribution in [1.29, 1.82) is 0 Å². The number of rotatable bonds is 9. The number of benzene rings is 2. The van der Waals surface area contributed by atoms with E-state index in [4.69, 9.17) is 9.47 Å². The molecule has 4 rings (SSSR count). The molecular weight excluding hydrogens is 464 g/mol. The van der Waals surface area contributed by atoms with Gasteiger partial charge in [0.1, 0.15) is 18.4 Å². The van der Waals surface area contributed by atoms with E-state index >= 15 is 0 Å². The van der Waals surface area contributed by atoms with Gasteiger partial charge in [-0.2, -0.15) is 0 Å². The number of hydrogen-bond donors (Lipinski definition) is 2. The lowest BCUT2D eigenvalue weighted by Gasteiger charge is -2.35. The normalized spacial score (nSPS) is 15.5. The van der Waals surface area contributed by atoms with Crippen molar-refractivity contribution in [3.8, 4) is 17.2 Å². The number of nitrogens with one attached hydrogen (secondary N) is 1. The van der Waals surface area contributed by atoms with Crippen molar-refractivity contribution in [3.05, 3.63) is 76.5 Å². The fourth-order valence-corrected chi connectivity index (χ4v) is 4.61. The Labute approximate surface area is 209 Å². The molecule has 2 heterocycles.